The molecule has 4 heterocycles. The van der Waals surface area contributed by atoms with Crippen molar-refractivity contribution in [2.75, 3.05) is 37.7 Å². The fourth-order valence-electron chi connectivity index (χ4n) is 4.80. The molecule has 0 bridgehead atoms. The molecule has 1 fully saturated rings. The molecule has 5 rings (SSSR count). The van der Waals surface area contributed by atoms with Crippen molar-refractivity contribution in [3.63, 3.8) is 0 Å². The van der Waals surface area contributed by atoms with E-state index in [1.807, 2.05) is 13.1 Å². The third-order valence-electron chi connectivity index (χ3n) is 6.93. The van der Waals surface area contributed by atoms with Crippen LogP contribution in [0.3, 0.4) is 0 Å². The first-order valence-electron chi connectivity index (χ1n) is 11.5. The maximum absolute atomic E-state index is 13.9. The summed E-state index contributed by atoms with van der Waals surface area (Å²) in [4.78, 5) is 11.7. The highest BCUT2D eigenvalue weighted by atomic mass is 79.9. The van der Waals surface area contributed by atoms with Gasteiger partial charge in [-0.2, -0.15) is 13.9 Å². The van der Waals surface area contributed by atoms with E-state index in [1.54, 1.807) is 28.0 Å². The van der Waals surface area contributed by atoms with E-state index in [2.05, 4.69) is 30.9 Å². The Labute approximate surface area is 212 Å². The molecule has 0 radical (unpaired) electrons. The van der Waals surface area contributed by atoms with Crippen LogP contribution in [0.2, 0.25) is 0 Å². The van der Waals surface area contributed by atoms with Crippen LogP contribution in [0.15, 0.2) is 33.9 Å². The van der Waals surface area contributed by atoms with E-state index >= 15 is 0 Å². The SMILES string of the molecule is CCS(=O)(=O)N1CCN(Cc2nc3c(C4C=Nc5ccc(F)cc5C4C)cnn3c(N)c2Br)CC1. The van der Waals surface area contributed by atoms with Gasteiger partial charge in [-0.25, -0.2) is 17.8 Å². The lowest BCUT2D eigenvalue weighted by Gasteiger charge is -2.33. The van der Waals surface area contributed by atoms with Crippen molar-refractivity contribution in [1.82, 2.24) is 23.8 Å². The van der Waals surface area contributed by atoms with Crippen LogP contribution in [0.25, 0.3) is 5.65 Å². The molecule has 2 N–H and O–H groups in total. The third kappa shape index (κ3) is 4.37. The van der Waals surface area contributed by atoms with Gasteiger partial charge in [-0.3, -0.25) is 9.89 Å². The van der Waals surface area contributed by atoms with Crippen molar-refractivity contribution in [2.24, 2.45) is 4.99 Å². The van der Waals surface area contributed by atoms with Gasteiger partial charge in [0, 0.05) is 50.4 Å². The van der Waals surface area contributed by atoms with Gasteiger partial charge in [0.1, 0.15) is 11.6 Å². The number of rotatable bonds is 5. The quantitative estimate of drug-likeness (QED) is 0.510. The molecule has 9 nitrogen and oxygen atoms in total. The Balaban J connectivity index is 1.44. The van der Waals surface area contributed by atoms with E-state index in [0.717, 1.165) is 22.5 Å². The molecule has 35 heavy (non-hydrogen) atoms. The summed E-state index contributed by atoms with van der Waals surface area (Å²) in [7, 11) is -3.19. The summed E-state index contributed by atoms with van der Waals surface area (Å²) in [5.41, 5.74) is 10.3. The van der Waals surface area contributed by atoms with E-state index < -0.39 is 10.0 Å². The topological polar surface area (TPSA) is 109 Å². The molecule has 1 saturated heterocycles. The second-order valence-corrected chi connectivity index (χ2v) is 12.0. The molecular weight excluding hydrogens is 537 g/mol. The van der Waals surface area contributed by atoms with E-state index in [9.17, 15) is 12.8 Å². The number of hydrogen-bond acceptors (Lipinski definition) is 7. The largest absolute Gasteiger partial charge is 0.383 e. The van der Waals surface area contributed by atoms with Crippen LogP contribution in [0.1, 0.15) is 42.5 Å². The van der Waals surface area contributed by atoms with Crippen LogP contribution in [0.4, 0.5) is 15.9 Å². The van der Waals surface area contributed by atoms with Gasteiger partial charge >= 0.3 is 0 Å². The van der Waals surface area contributed by atoms with E-state index in [-0.39, 0.29) is 23.4 Å². The molecule has 0 spiro atoms. The zero-order valence-electron chi connectivity index (χ0n) is 19.5. The number of aromatic nitrogens is 3. The van der Waals surface area contributed by atoms with Crippen molar-refractivity contribution in [2.45, 2.75) is 32.2 Å². The Bertz CT molecular complexity index is 1420. The molecule has 0 aliphatic carbocycles. The number of piperazine rings is 1. The minimum Gasteiger partial charge on any atom is -0.383 e. The molecule has 2 aliphatic heterocycles. The zero-order valence-corrected chi connectivity index (χ0v) is 21.9. The van der Waals surface area contributed by atoms with Crippen LogP contribution in [-0.4, -0.2) is 70.4 Å². The summed E-state index contributed by atoms with van der Waals surface area (Å²) >= 11 is 3.58. The summed E-state index contributed by atoms with van der Waals surface area (Å²) < 4.78 is 42.1. The lowest BCUT2D eigenvalue weighted by molar-refractivity contribution is 0.180. The molecule has 1 aromatic carbocycles. The van der Waals surface area contributed by atoms with Gasteiger partial charge in [-0.05, 0) is 52.5 Å². The Morgan fingerprint density at radius 1 is 1.20 bits per heavy atom. The van der Waals surface area contributed by atoms with Gasteiger partial charge < -0.3 is 5.73 Å². The molecule has 0 amide bonds. The molecule has 2 aromatic heterocycles. The van der Waals surface area contributed by atoms with Crippen LogP contribution in [0.5, 0.6) is 0 Å². The summed E-state index contributed by atoms with van der Waals surface area (Å²) in [5, 5.41) is 4.47. The Hall–Kier alpha value is -2.41. The first-order valence-corrected chi connectivity index (χ1v) is 13.9. The minimum absolute atomic E-state index is 0.0186. The zero-order chi connectivity index (χ0) is 24.9. The molecule has 186 valence electrons. The highest BCUT2D eigenvalue weighted by Gasteiger charge is 2.30. The number of nitrogens with two attached hydrogens (primary N) is 1. The number of halogens is 2. The monoisotopic (exact) mass is 563 g/mol. The average Bonchev–Trinajstić information content (AvgIpc) is 3.27. The normalized spacial score (nSPS) is 21.5. The van der Waals surface area contributed by atoms with Gasteiger partial charge in [0.15, 0.2) is 5.65 Å². The van der Waals surface area contributed by atoms with Crippen LogP contribution in [0, 0.1) is 5.82 Å². The molecule has 0 saturated carbocycles. The number of anilines is 1. The van der Waals surface area contributed by atoms with Gasteiger partial charge in [0.05, 0.1) is 27.8 Å². The number of fused-ring (bicyclic) bond motifs is 2. The van der Waals surface area contributed by atoms with Crippen molar-refractivity contribution in [3.05, 3.63) is 51.5 Å². The van der Waals surface area contributed by atoms with Crippen molar-refractivity contribution >= 4 is 49.3 Å². The first-order chi connectivity index (χ1) is 16.7. The smallest absolute Gasteiger partial charge is 0.213 e. The number of nitrogens with zero attached hydrogens (tertiary/aromatic N) is 6. The van der Waals surface area contributed by atoms with Gasteiger partial charge in [-0.15, -0.1) is 0 Å². The molecule has 2 atom stereocenters. The number of sulfonamides is 1. The van der Waals surface area contributed by atoms with Gasteiger partial charge in [0.25, 0.3) is 0 Å². The maximum Gasteiger partial charge on any atom is 0.213 e. The third-order valence-corrected chi connectivity index (χ3v) is 9.68. The van der Waals surface area contributed by atoms with Crippen molar-refractivity contribution < 1.29 is 12.8 Å². The lowest BCUT2D eigenvalue weighted by Crippen LogP contribution is -2.48. The molecule has 12 heteroatoms. The molecule has 3 aromatic rings. The van der Waals surface area contributed by atoms with E-state index in [4.69, 9.17) is 10.7 Å². The van der Waals surface area contributed by atoms with Gasteiger partial charge in [0.2, 0.25) is 10.0 Å². The summed E-state index contributed by atoms with van der Waals surface area (Å²) in [5.74, 6) is 0.111. The minimum atomic E-state index is -3.19. The standard InChI is InChI=1S/C23H27BrFN7O2S/c1-3-35(33,34)31-8-6-30(7-9-31)13-20-21(24)22(26)32-23(29-20)18(12-28-32)17-11-27-19-5-4-15(25)10-16(19)14(17)2/h4-5,10-12,14,17H,3,6-9,13,26H2,1-2H3. The van der Waals surface area contributed by atoms with E-state index in [0.29, 0.717) is 48.7 Å². The Morgan fingerprint density at radius 2 is 1.94 bits per heavy atom. The highest BCUT2D eigenvalue weighted by molar-refractivity contribution is 9.10. The summed E-state index contributed by atoms with van der Waals surface area (Å²) in [6.45, 7) is 6.36. The predicted molar refractivity (Wildman–Crippen MR) is 137 cm³/mol. The number of hydrogen-bond donors (Lipinski definition) is 1. The fourth-order valence-corrected chi connectivity index (χ4v) is 6.27. The fraction of sp³-hybridized carbons (Fsp3) is 0.435. The highest BCUT2D eigenvalue weighted by Crippen LogP contribution is 2.42. The maximum atomic E-state index is 13.9. The molecular formula is C23H27BrFN7O2S. The van der Waals surface area contributed by atoms with Gasteiger partial charge in [-0.1, -0.05) is 6.92 Å². The number of benzene rings is 1. The van der Waals surface area contributed by atoms with Crippen molar-refractivity contribution in [1.29, 1.82) is 0 Å². The predicted octanol–water partition coefficient (Wildman–Crippen LogP) is 3.28. The lowest BCUT2D eigenvalue weighted by atomic mass is 9.82. The second-order valence-electron chi connectivity index (χ2n) is 8.96. The molecule has 2 unspecified atom stereocenters. The second kappa shape index (κ2) is 9.23. The summed E-state index contributed by atoms with van der Waals surface area (Å²) in [6, 6.07) is 4.65. The Morgan fingerprint density at radius 3 is 2.66 bits per heavy atom. The van der Waals surface area contributed by atoms with Crippen LogP contribution < -0.4 is 5.73 Å². The number of nitrogen functional groups attached to an aromatic ring is 1. The Kier molecular flexibility index (Phi) is 6.41. The number of aliphatic imine (C=N–C) groups is 1. The van der Waals surface area contributed by atoms with E-state index in [1.165, 1.54) is 12.1 Å². The first kappa shape index (κ1) is 24.3. The average molecular weight is 564 g/mol. The summed E-state index contributed by atoms with van der Waals surface area (Å²) in [6.07, 6.45) is 3.62. The van der Waals surface area contributed by atoms with Crippen LogP contribution in [-0.2, 0) is 16.6 Å². The molecule has 2 aliphatic rings. The van der Waals surface area contributed by atoms with Crippen LogP contribution >= 0.6 is 15.9 Å². The van der Waals surface area contributed by atoms with Crippen molar-refractivity contribution in [3.8, 4) is 0 Å².